The highest BCUT2D eigenvalue weighted by atomic mass is 32.1. The van der Waals surface area contributed by atoms with Crippen LogP contribution in [0.25, 0.3) is 15.3 Å². The second-order valence-corrected chi connectivity index (χ2v) is 5.93. The second-order valence-electron chi connectivity index (χ2n) is 4.03. The Morgan fingerprint density at radius 3 is 3.28 bits per heavy atom. The van der Waals surface area contributed by atoms with E-state index in [9.17, 15) is 4.79 Å². The van der Waals surface area contributed by atoms with E-state index < -0.39 is 6.10 Å². The number of nitrogens with zero attached hydrogens (tertiary/aromatic N) is 2. The first-order valence-electron chi connectivity index (χ1n) is 5.46. The average molecular weight is 281 g/mol. The molecule has 0 saturated heterocycles. The average Bonchev–Trinajstić information content (AvgIpc) is 2.95. The maximum Gasteiger partial charge on any atom is 0.261 e. The maximum atomic E-state index is 11.8. The number of rotatable bonds is 3. The summed E-state index contributed by atoms with van der Waals surface area (Å²) in [5, 5.41) is 13.8. The molecule has 0 saturated carbocycles. The molecule has 0 aliphatic rings. The van der Waals surface area contributed by atoms with E-state index in [1.807, 2.05) is 22.0 Å². The minimum atomic E-state index is -0.539. The standard InChI is InChI=1S/C11H11N3O2S2/c1-6(15)5-12-9(16)8-4-7-10(18-8)13-11-14(7)2-3-17-11/h2-4,6,15H,5H2,1H3,(H,12,16)/t6-/m0/s1. The Morgan fingerprint density at radius 1 is 1.67 bits per heavy atom. The molecule has 3 rings (SSSR count). The minimum Gasteiger partial charge on any atom is -0.392 e. The zero-order valence-corrected chi connectivity index (χ0v) is 11.2. The van der Waals surface area contributed by atoms with Crippen molar-refractivity contribution in [2.45, 2.75) is 13.0 Å². The van der Waals surface area contributed by atoms with Gasteiger partial charge in [0.1, 0.15) is 4.83 Å². The number of fused-ring (bicyclic) bond motifs is 3. The summed E-state index contributed by atoms with van der Waals surface area (Å²) < 4.78 is 1.97. The van der Waals surface area contributed by atoms with Gasteiger partial charge in [-0.2, -0.15) is 0 Å². The number of thiophene rings is 1. The Kier molecular flexibility index (Phi) is 2.81. The lowest BCUT2D eigenvalue weighted by atomic mass is 10.3. The van der Waals surface area contributed by atoms with Crippen LogP contribution in [0.5, 0.6) is 0 Å². The molecule has 3 aromatic heterocycles. The Morgan fingerprint density at radius 2 is 2.50 bits per heavy atom. The molecule has 0 aliphatic heterocycles. The fourth-order valence-corrected chi connectivity index (χ4v) is 3.40. The number of amides is 1. The van der Waals surface area contributed by atoms with Crippen LogP contribution in [0.15, 0.2) is 17.6 Å². The molecule has 7 heteroatoms. The molecule has 94 valence electrons. The summed E-state index contributed by atoms with van der Waals surface area (Å²) in [6.45, 7) is 1.90. The molecule has 0 unspecified atom stereocenters. The van der Waals surface area contributed by atoms with Crippen LogP contribution in [0.3, 0.4) is 0 Å². The van der Waals surface area contributed by atoms with Gasteiger partial charge < -0.3 is 10.4 Å². The maximum absolute atomic E-state index is 11.8. The largest absolute Gasteiger partial charge is 0.392 e. The van der Waals surface area contributed by atoms with E-state index in [1.54, 1.807) is 18.3 Å². The molecule has 3 aromatic rings. The van der Waals surface area contributed by atoms with E-state index >= 15 is 0 Å². The zero-order chi connectivity index (χ0) is 12.7. The predicted molar refractivity (Wildman–Crippen MR) is 72.5 cm³/mol. The summed E-state index contributed by atoms with van der Waals surface area (Å²) >= 11 is 2.94. The summed E-state index contributed by atoms with van der Waals surface area (Å²) in [5.41, 5.74) is 0.957. The third kappa shape index (κ3) is 1.90. The number of aliphatic hydroxyl groups excluding tert-OH is 1. The van der Waals surface area contributed by atoms with Crippen molar-refractivity contribution >= 4 is 43.9 Å². The highest BCUT2D eigenvalue weighted by molar-refractivity contribution is 7.21. The van der Waals surface area contributed by atoms with Gasteiger partial charge in [0.25, 0.3) is 5.91 Å². The van der Waals surface area contributed by atoms with E-state index in [1.165, 1.54) is 11.3 Å². The lowest BCUT2D eigenvalue weighted by Gasteiger charge is -2.04. The van der Waals surface area contributed by atoms with Crippen molar-refractivity contribution in [3.63, 3.8) is 0 Å². The van der Waals surface area contributed by atoms with Gasteiger partial charge in [-0.05, 0) is 13.0 Å². The molecule has 18 heavy (non-hydrogen) atoms. The smallest absolute Gasteiger partial charge is 0.261 e. The summed E-state index contributed by atoms with van der Waals surface area (Å²) in [7, 11) is 0. The molecule has 0 fully saturated rings. The molecule has 0 aromatic carbocycles. The van der Waals surface area contributed by atoms with Crippen molar-refractivity contribution in [1.29, 1.82) is 0 Å². The number of aromatic nitrogens is 2. The van der Waals surface area contributed by atoms with Crippen LogP contribution in [0.1, 0.15) is 16.6 Å². The van der Waals surface area contributed by atoms with Crippen LogP contribution in [0.4, 0.5) is 0 Å². The molecule has 5 nitrogen and oxygen atoms in total. The Labute approximate surface area is 111 Å². The fraction of sp³-hybridized carbons (Fsp3) is 0.273. The van der Waals surface area contributed by atoms with Gasteiger partial charge in [0.05, 0.1) is 16.5 Å². The van der Waals surface area contributed by atoms with Crippen LogP contribution in [0, 0.1) is 0 Å². The van der Waals surface area contributed by atoms with E-state index in [0.29, 0.717) is 4.88 Å². The number of hydrogen-bond acceptors (Lipinski definition) is 5. The molecule has 1 amide bonds. The van der Waals surface area contributed by atoms with Crippen LogP contribution < -0.4 is 5.32 Å². The second kappa shape index (κ2) is 4.34. The monoisotopic (exact) mass is 281 g/mol. The quantitative estimate of drug-likeness (QED) is 0.768. The molecule has 0 spiro atoms. The first kappa shape index (κ1) is 11.6. The van der Waals surface area contributed by atoms with Crippen molar-refractivity contribution in [3.8, 4) is 0 Å². The van der Waals surface area contributed by atoms with Gasteiger partial charge in [0.15, 0.2) is 4.96 Å². The number of hydrogen-bond donors (Lipinski definition) is 2. The number of aliphatic hydroxyl groups is 1. The summed E-state index contributed by atoms with van der Waals surface area (Å²) in [6.07, 6.45) is 1.41. The van der Waals surface area contributed by atoms with Crippen LogP contribution >= 0.6 is 22.7 Å². The lowest BCUT2D eigenvalue weighted by molar-refractivity contribution is 0.0928. The Bertz CT molecular complexity index is 710. The van der Waals surface area contributed by atoms with Gasteiger partial charge in [0.2, 0.25) is 0 Å². The molecule has 0 aliphatic carbocycles. The molecular weight excluding hydrogens is 270 g/mol. The molecule has 2 N–H and O–H groups in total. The number of thiazole rings is 1. The number of imidazole rings is 1. The lowest BCUT2D eigenvalue weighted by Crippen LogP contribution is -2.29. The van der Waals surface area contributed by atoms with E-state index in [4.69, 9.17) is 5.11 Å². The SMILES string of the molecule is C[C@H](O)CNC(=O)c1cc2c(nc3sccn32)s1. The van der Waals surface area contributed by atoms with Crippen molar-refractivity contribution < 1.29 is 9.90 Å². The van der Waals surface area contributed by atoms with Gasteiger partial charge in [0, 0.05) is 18.1 Å². The van der Waals surface area contributed by atoms with Crippen LogP contribution in [-0.4, -0.2) is 33.0 Å². The topological polar surface area (TPSA) is 66.6 Å². The number of carbonyl (C=O) groups excluding carboxylic acids is 1. The van der Waals surface area contributed by atoms with Gasteiger partial charge in [-0.3, -0.25) is 9.20 Å². The Hall–Kier alpha value is -1.44. The zero-order valence-electron chi connectivity index (χ0n) is 9.58. The highest BCUT2D eigenvalue weighted by Gasteiger charge is 2.14. The summed E-state index contributed by atoms with van der Waals surface area (Å²) in [6, 6.07) is 1.84. The molecule has 3 heterocycles. The first-order chi connectivity index (χ1) is 8.65. The molecule has 1 atom stereocenters. The third-order valence-electron chi connectivity index (χ3n) is 2.52. The first-order valence-corrected chi connectivity index (χ1v) is 7.16. The third-order valence-corrected chi connectivity index (χ3v) is 4.30. The molecular formula is C11H11N3O2S2. The number of nitrogens with one attached hydrogen (secondary N) is 1. The van der Waals surface area contributed by atoms with E-state index in [2.05, 4.69) is 10.3 Å². The van der Waals surface area contributed by atoms with Gasteiger partial charge in [-0.15, -0.1) is 22.7 Å². The van der Waals surface area contributed by atoms with Gasteiger partial charge >= 0.3 is 0 Å². The molecule has 0 bridgehead atoms. The normalized spacial score (nSPS) is 13.2. The van der Waals surface area contributed by atoms with E-state index in [-0.39, 0.29) is 12.5 Å². The number of carbonyl (C=O) groups is 1. The summed E-state index contributed by atoms with van der Waals surface area (Å²) in [4.78, 5) is 18.7. The molecule has 0 radical (unpaired) electrons. The predicted octanol–water partition coefficient (Wildman–Crippen LogP) is 1.72. The van der Waals surface area contributed by atoms with Crippen molar-refractivity contribution in [3.05, 3.63) is 22.5 Å². The van der Waals surface area contributed by atoms with Crippen molar-refractivity contribution in [2.24, 2.45) is 0 Å². The van der Waals surface area contributed by atoms with Crippen molar-refractivity contribution in [1.82, 2.24) is 14.7 Å². The fourth-order valence-electron chi connectivity index (χ4n) is 1.69. The van der Waals surface area contributed by atoms with Gasteiger partial charge in [-0.1, -0.05) is 0 Å². The van der Waals surface area contributed by atoms with Gasteiger partial charge in [-0.25, -0.2) is 4.98 Å². The van der Waals surface area contributed by atoms with Crippen molar-refractivity contribution in [2.75, 3.05) is 6.54 Å². The Balaban J connectivity index is 1.92. The van der Waals surface area contributed by atoms with E-state index in [0.717, 1.165) is 15.3 Å². The summed E-state index contributed by atoms with van der Waals surface area (Å²) in [5.74, 6) is -0.164. The highest BCUT2D eigenvalue weighted by Crippen LogP contribution is 2.28. The minimum absolute atomic E-state index is 0.164. The van der Waals surface area contributed by atoms with Crippen LogP contribution in [0.2, 0.25) is 0 Å². The van der Waals surface area contributed by atoms with Crippen LogP contribution in [-0.2, 0) is 0 Å².